The molecule has 0 aliphatic rings. The molecule has 0 atom stereocenters. The van der Waals surface area contributed by atoms with Gasteiger partial charge in [0, 0.05) is 13.1 Å². The minimum Gasteiger partial charge on any atom is -0.338 e. The summed E-state index contributed by atoms with van der Waals surface area (Å²) in [6.45, 7) is 6.69. The molecule has 7 heteroatoms. The molecular formula is C15H21F3N2O2. The van der Waals surface area contributed by atoms with Crippen molar-refractivity contribution >= 4 is 5.91 Å². The Hall–Kier alpha value is -1.79. The molecule has 124 valence electrons. The van der Waals surface area contributed by atoms with Crippen LogP contribution in [0.3, 0.4) is 0 Å². The third kappa shape index (κ3) is 4.35. The summed E-state index contributed by atoms with van der Waals surface area (Å²) in [6, 6.07) is 1.67. The minimum absolute atomic E-state index is 0.263. The van der Waals surface area contributed by atoms with Crippen molar-refractivity contribution < 1.29 is 18.0 Å². The predicted molar refractivity (Wildman–Crippen MR) is 77.7 cm³/mol. The first-order valence-corrected chi connectivity index (χ1v) is 7.34. The molecule has 4 nitrogen and oxygen atoms in total. The number of H-pyrrole nitrogens is 1. The van der Waals surface area contributed by atoms with E-state index in [-0.39, 0.29) is 5.56 Å². The summed E-state index contributed by atoms with van der Waals surface area (Å²) in [6.07, 6.45) is -2.85. The predicted octanol–water partition coefficient (Wildman–Crippen LogP) is 3.29. The van der Waals surface area contributed by atoms with Crippen LogP contribution in [0.2, 0.25) is 0 Å². The molecule has 1 aromatic rings. The molecule has 22 heavy (non-hydrogen) atoms. The minimum atomic E-state index is -4.64. The lowest BCUT2D eigenvalue weighted by molar-refractivity contribution is -0.141. The van der Waals surface area contributed by atoms with Gasteiger partial charge in [-0.25, -0.2) is 0 Å². The number of carbonyl (C=O) groups is 1. The standard InChI is InChI=1S/C15H21F3N2O2/c1-4-10(5-2)9-20(6-3)14(22)11-7-8-12(15(16,17)18)19-13(11)21/h7-8,10H,4-6,9H2,1-3H3,(H,19,21). The fraction of sp³-hybridized carbons (Fsp3) is 0.600. The van der Waals surface area contributed by atoms with Gasteiger partial charge in [-0.15, -0.1) is 0 Å². The number of nitrogens with zero attached hydrogens (tertiary/aromatic N) is 1. The quantitative estimate of drug-likeness (QED) is 0.875. The van der Waals surface area contributed by atoms with Crippen LogP contribution in [-0.2, 0) is 6.18 Å². The van der Waals surface area contributed by atoms with Gasteiger partial charge < -0.3 is 9.88 Å². The normalized spacial score (nSPS) is 11.8. The van der Waals surface area contributed by atoms with E-state index in [4.69, 9.17) is 0 Å². The van der Waals surface area contributed by atoms with Crippen molar-refractivity contribution in [2.75, 3.05) is 13.1 Å². The summed E-state index contributed by atoms with van der Waals surface area (Å²) in [5, 5.41) is 0. The van der Waals surface area contributed by atoms with Crippen molar-refractivity contribution in [2.45, 2.75) is 39.8 Å². The maximum absolute atomic E-state index is 12.5. The highest BCUT2D eigenvalue weighted by Gasteiger charge is 2.32. The molecule has 0 aromatic carbocycles. The Labute approximate surface area is 127 Å². The van der Waals surface area contributed by atoms with E-state index in [1.54, 1.807) is 11.9 Å². The topological polar surface area (TPSA) is 53.2 Å². The summed E-state index contributed by atoms with van der Waals surface area (Å²) < 4.78 is 37.6. The summed E-state index contributed by atoms with van der Waals surface area (Å²) in [5.74, 6) is -0.234. The number of hydrogen-bond donors (Lipinski definition) is 1. The lowest BCUT2D eigenvalue weighted by Gasteiger charge is -2.25. The number of aromatic nitrogens is 1. The number of pyridine rings is 1. The highest BCUT2D eigenvalue weighted by molar-refractivity contribution is 5.93. The molecule has 0 fully saturated rings. The molecular weight excluding hydrogens is 297 g/mol. The first-order chi connectivity index (χ1) is 10.2. The van der Waals surface area contributed by atoms with Crippen LogP contribution < -0.4 is 5.56 Å². The maximum atomic E-state index is 12.5. The second kappa shape index (κ2) is 7.47. The Bertz CT molecular complexity index is 563. The largest absolute Gasteiger partial charge is 0.431 e. The van der Waals surface area contributed by atoms with Gasteiger partial charge in [0.2, 0.25) is 0 Å². The molecule has 1 amide bonds. The van der Waals surface area contributed by atoms with Crippen molar-refractivity contribution in [3.63, 3.8) is 0 Å². The Morgan fingerprint density at radius 2 is 1.82 bits per heavy atom. The van der Waals surface area contributed by atoms with E-state index < -0.39 is 23.3 Å². The van der Waals surface area contributed by atoms with Crippen LogP contribution in [0, 0.1) is 5.92 Å². The first-order valence-electron chi connectivity index (χ1n) is 7.34. The summed E-state index contributed by atoms with van der Waals surface area (Å²) >= 11 is 0. The number of alkyl halides is 3. The SMILES string of the molecule is CCC(CC)CN(CC)C(=O)c1ccc(C(F)(F)F)[nH]c1=O. The number of halogens is 3. The van der Waals surface area contributed by atoms with E-state index in [1.165, 1.54) is 4.90 Å². The van der Waals surface area contributed by atoms with E-state index in [2.05, 4.69) is 0 Å². The first kappa shape index (κ1) is 18.3. The average molecular weight is 318 g/mol. The fourth-order valence-corrected chi connectivity index (χ4v) is 2.19. The number of rotatable bonds is 6. The van der Waals surface area contributed by atoms with E-state index in [9.17, 15) is 22.8 Å². The van der Waals surface area contributed by atoms with Gasteiger partial charge in [0.15, 0.2) is 0 Å². The second-order valence-corrected chi connectivity index (χ2v) is 5.14. The van der Waals surface area contributed by atoms with Gasteiger partial charge in [-0.1, -0.05) is 26.7 Å². The summed E-state index contributed by atoms with van der Waals surface area (Å²) in [5.41, 5.74) is -2.43. The smallest absolute Gasteiger partial charge is 0.338 e. The van der Waals surface area contributed by atoms with Crippen molar-refractivity contribution in [3.8, 4) is 0 Å². The van der Waals surface area contributed by atoms with Gasteiger partial charge in [-0.05, 0) is 25.0 Å². The molecule has 1 heterocycles. The van der Waals surface area contributed by atoms with Gasteiger partial charge >= 0.3 is 6.18 Å². The summed E-state index contributed by atoms with van der Waals surface area (Å²) in [7, 11) is 0. The molecule has 1 rings (SSSR count). The third-order valence-corrected chi connectivity index (χ3v) is 3.75. The lowest BCUT2D eigenvalue weighted by atomic mass is 10.0. The Morgan fingerprint density at radius 1 is 1.23 bits per heavy atom. The molecule has 1 N–H and O–H groups in total. The summed E-state index contributed by atoms with van der Waals surface area (Å²) in [4.78, 5) is 27.3. The third-order valence-electron chi connectivity index (χ3n) is 3.75. The van der Waals surface area contributed by atoms with Gasteiger partial charge in [0.05, 0.1) is 0 Å². The fourth-order valence-electron chi connectivity index (χ4n) is 2.19. The van der Waals surface area contributed by atoms with Crippen molar-refractivity contribution in [1.29, 1.82) is 0 Å². The molecule has 0 unspecified atom stereocenters. The van der Waals surface area contributed by atoms with E-state index in [1.807, 2.05) is 13.8 Å². The van der Waals surface area contributed by atoms with Crippen LogP contribution in [0.5, 0.6) is 0 Å². The Morgan fingerprint density at radius 3 is 2.23 bits per heavy atom. The average Bonchev–Trinajstić information content (AvgIpc) is 2.47. The molecule has 0 bridgehead atoms. The highest BCUT2D eigenvalue weighted by Crippen LogP contribution is 2.26. The number of hydrogen-bond acceptors (Lipinski definition) is 2. The molecule has 1 aromatic heterocycles. The van der Waals surface area contributed by atoms with Gasteiger partial charge in [-0.2, -0.15) is 13.2 Å². The van der Waals surface area contributed by atoms with E-state index in [0.717, 1.165) is 25.0 Å². The number of aromatic amines is 1. The number of carbonyl (C=O) groups excluding carboxylic acids is 1. The van der Waals surface area contributed by atoms with Crippen LogP contribution >= 0.6 is 0 Å². The highest BCUT2D eigenvalue weighted by atomic mass is 19.4. The molecule has 0 spiro atoms. The van der Waals surface area contributed by atoms with Crippen molar-refractivity contribution in [2.24, 2.45) is 5.92 Å². The molecule has 0 aliphatic heterocycles. The van der Waals surface area contributed by atoms with E-state index in [0.29, 0.717) is 19.0 Å². The van der Waals surface area contributed by atoms with Crippen LogP contribution in [0.15, 0.2) is 16.9 Å². The zero-order valence-corrected chi connectivity index (χ0v) is 13.0. The van der Waals surface area contributed by atoms with Crippen molar-refractivity contribution in [3.05, 3.63) is 33.7 Å². The zero-order valence-electron chi connectivity index (χ0n) is 13.0. The molecule has 0 radical (unpaired) electrons. The number of nitrogens with one attached hydrogen (secondary N) is 1. The van der Waals surface area contributed by atoms with E-state index >= 15 is 0 Å². The van der Waals surface area contributed by atoms with Crippen LogP contribution in [-0.4, -0.2) is 28.9 Å². The van der Waals surface area contributed by atoms with Crippen molar-refractivity contribution in [1.82, 2.24) is 9.88 Å². The molecule has 0 aliphatic carbocycles. The van der Waals surface area contributed by atoms with Crippen LogP contribution in [0.25, 0.3) is 0 Å². The van der Waals surface area contributed by atoms with Gasteiger partial charge in [0.1, 0.15) is 11.3 Å². The second-order valence-electron chi connectivity index (χ2n) is 5.14. The Balaban J connectivity index is 3.03. The number of amides is 1. The maximum Gasteiger partial charge on any atom is 0.431 e. The monoisotopic (exact) mass is 318 g/mol. The van der Waals surface area contributed by atoms with Gasteiger partial charge in [0.25, 0.3) is 11.5 Å². The van der Waals surface area contributed by atoms with Crippen LogP contribution in [0.4, 0.5) is 13.2 Å². The Kier molecular flexibility index (Phi) is 6.20. The van der Waals surface area contributed by atoms with Gasteiger partial charge in [-0.3, -0.25) is 9.59 Å². The molecule has 0 saturated carbocycles. The zero-order chi connectivity index (χ0) is 16.9. The molecule has 0 saturated heterocycles. The van der Waals surface area contributed by atoms with Crippen LogP contribution in [0.1, 0.15) is 49.7 Å². The lowest BCUT2D eigenvalue weighted by Crippen LogP contribution is -2.38.